The van der Waals surface area contributed by atoms with E-state index in [4.69, 9.17) is 14.2 Å². The summed E-state index contributed by atoms with van der Waals surface area (Å²) in [5, 5.41) is 0. The van der Waals surface area contributed by atoms with Gasteiger partial charge in [0, 0.05) is 19.3 Å². The molecule has 0 saturated heterocycles. The summed E-state index contributed by atoms with van der Waals surface area (Å²) in [4.78, 5) is 38.0. The monoisotopic (exact) mass is 909 g/mol. The lowest BCUT2D eigenvalue weighted by Gasteiger charge is -2.18. The Morgan fingerprint density at radius 3 is 1.18 bits per heavy atom. The van der Waals surface area contributed by atoms with Gasteiger partial charge in [-0.3, -0.25) is 14.4 Å². The highest BCUT2D eigenvalue weighted by molar-refractivity contribution is 5.71. The van der Waals surface area contributed by atoms with Crippen molar-refractivity contribution in [3.05, 3.63) is 146 Å². The Hall–Kier alpha value is -4.71. The number of carbonyl (C=O) groups is 3. The van der Waals surface area contributed by atoms with Gasteiger partial charge in [-0.2, -0.15) is 0 Å². The lowest BCUT2D eigenvalue weighted by Crippen LogP contribution is -2.30. The lowest BCUT2D eigenvalue weighted by molar-refractivity contribution is -0.167. The molecular formula is C60H92O6. The Morgan fingerprint density at radius 2 is 0.682 bits per heavy atom. The van der Waals surface area contributed by atoms with Crippen LogP contribution in [0.3, 0.4) is 0 Å². The third kappa shape index (κ3) is 50.3. The van der Waals surface area contributed by atoms with Gasteiger partial charge in [0.2, 0.25) is 0 Å². The maximum atomic E-state index is 12.8. The Balaban J connectivity index is 4.61. The van der Waals surface area contributed by atoms with Crippen LogP contribution in [0.15, 0.2) is 146 Å². The molecule has 368 valence electrons. The van der Waals surface area contributed by atoms with Crippen molar-refractivity contribution < 1.29 is 28.6 Å². The van der Waals surface area contributed by atoms with Gasteiger partial charge >= 0.3 is 17.9 Å². The summed E-state index contributed by atoms with van der Waals surface area (Å²) in [5.41, 5.74) is 0. The second kappa shape index (κ2) is 52.9. The number of allylic oxidation sites excluding steroid dienone is 24. The van der Waals surface area contributed by atoms with E-state index in [-0.39, 0.29) is 50.4 Å². The molecule has 0 fully saturated rings. The number of ether oxygens (including phenoxy) is 3. The van der Waals surface area contributed by atoms with E-state index < -0.39 is 6.10 Å². The van der Waals surface area contributed by atoms with Crippen molar-refractivity contribution in [2.24, 2.45) is 0 Å². The Kier molecular flexibility index (Phi) is 49.1. The van der Waals surface area contributed by atoms with Crippen molar-refractivity contribution in [2.45, 2.75) is 200 Å². The maximum absolute atomic E-state index is 12.8. The smallest absolute Gasteiger partial charge is 0.306 e. The van der Waals surface area contributed by atoms with E-state index in [1.165, 1.54) is 38.5 Å². The van der Waals surface area contributed by atoms with Crippen molar-refractivity contribution in [3.63, 3.8) is 0 Å². The molecule has 0 aromatic carbocycles. The van der Waals surface area contributed by atoms with E-state index in [2.05, 4.69) is 118 Å². The van der Waals surface area contributed by atoms with Crippen LogP contribution in [-0.4, -0.2) is 37.2 Å². The number of esters is 3. The van der Waals surface area contributed by atoms with Crippen LogP contribution in [-0.2, 0) is 28.6 Å². The molecule has 0 rings (SSSR count). The Bertz CT molecular complexity index is 1510. The van der Waals surface area contributed by atoms with Gasteiger partial charge in [-0.25, -0.2) is 0 Å². The van der Waals surface area contributed by atoms with E-state index in [1.807, 2.05) is 48.6 Å². The Morgan fingerprint density at radius 1 is 0.333 bits per heavy atom. The van der Waals surface area contributed by atoms with Gasteiger partial charge in [-0.05, 0) is 109 Å². The van der Waals surface area contributed by atoms with Crippen molar-refractivity contribution in [1.29, 1.82) is 0 Å². The maximum Gasteiger partial charge on any atom is 0.306 e. The fourth-order valence-corrected chi connectivity index (χ4v) is 6.35. The molecule has 0 saturated carbocycles. The predicted molar refractivity (Wildman–Crippen MR) is 283 cm³/mol. The predicted octanol–water partition coefficient (Wildman–Crippen LogP) is 17.3. The molecule has 0 aliphatic heterocycles. The van der Waals surface area contributed by atoms with Crippen LogP contribution in [0.2, 0.25) is 0 Å². The first-order valence-corrected chi connectivity index (χ1v) is 25.9. The molecule has 0 aromatic heterocycles. The summed E-state index contributed by atoms with van der Waals surface area (Å²) < 4.78 is 16.7. The first-order chi connectivity index (χ1) is 32.5. The quantitative estimate of drug-likeness (QED) is 0.0199. The molecule has 0 radical (unpaired) electrons. The molecule has 0 spiro atoms. The normalized spacial score (nSPS) is 13.3. The van der Waals surface area contributed by atoms with E-state index in [0.29, 0.717) is 12.8 Å². The lowest BCUT2D eigenvalue weighted by atomic mass is 10.1. The molecule has 0 aliphatic rings. The second-order valence-corrected chi connectivity index (χ2v) is 16.4. The molecule has 6 nitrogen and oxygen atoms in total. The van der Waals surface area contributed by atoms with E-state index in [9.17, 15) is 14.4 Å². The van der Waals surface area contributed by atoms with E-state index >= 15 is 0 Å². The molecule has 66 heavy (non-hydrogen) atoms. The van der Waals surface area contributed by atoms with Gasteiger partial charge in [0.05, 0.1) is 0 Å². The third-order valence-electron chi connectivity index (χ3n) is 10.2. The molecule has 0 bridgehead atoms. The first-order valence-electron chi connectivity index (χ1n) is 25.9. The first kappa shape index (κ1) is 61.3. The Labute approximate surface area is 404 Å². The van der Waals surface area contributed by atoms with Gasteiger partial charge in [0.1, 0.15) is 13.2 Å². The fraction of sp³-hybridized carbons (Fsp3) is 0.550. The van der Waals surface area contributed by atoms with Crippen molar-refractivity contribution in [1.82, 2.24) is 0 Å². The number of carbonyl (C=O) groups excluding carboxylic acids is 3. The highest BCUT2D eigenvalue weighted by Gasteiger charge is 2.19. The van der Waals surface area contributed by atoms with Gasteiger partial charge in [0.15, 0.2) is 6.10 Å². The molecule has 1 atom stereocenters. The minimum absolute atomic E-state index is 0.129. The number of hydrogen-bond acceptors (Lipinski definition) is 6. The van der Waals surface area contributed by atoms with Crippen LogP contribution >= 0.6 is 0 Å². The molecule has 0 amide bonds. The summed E-state index contributed by atoms with van der Waals surface area (Å²) in [6.45, 7) is 6.23. The zero-order chi connectivity index (χ0) is 47.9. The standard InChI is InChI=1S/C60H92O6/c1-4-7-10-13-16-19-22-25-28-30-33-35-38-41-44-47-50-53-59(62)65-56-57(55-64-58(61)52-49-46-43-40-37-34-31-27-24-21-18-15-12-9-6-3)66-60(63)54-51-48-45-42-39-36-32-29-26-23-20-17-14-11-8-5-2/h8-9,11-12,15-21,24-29,31,33-35,37,41,44,57H,4-7,10,13-14,22-23,30,32,36,38-40,42-43,45-56H2,1-3H3/b11-8-,12-9-,18-15-,19-16-,20-17-,24-21-,28-25-,29-26-,31-27-,35-33-,37-34-,44-41-. The molecule has 6 heteroatoms. The molecule has 0 N–H and O–H groups in total. The number of rotatable bonds is 44. The molecular weight excluding hydrogens is 817 g/mol. The van der Waals surface area contributed by atoms with Crippen LogP contribution in [0, 0.1) is 0 Å². The van der Waals surface area contributed by atoms with Gasteiger partial charge in [0.25, 0.3) is 0 Å². The van der Waals surface area contributed by atoms with Gasteiger partial charge in [-0.15, -0.1) is 0 Å². The fourth-order valence-electron chi connectivity index (χ4n) is 6.35. The molecule has 0 aromatic rings. The minimum Gasteiger partial charge on any atom is -0.462 e. The van der Waals surface area contributed by atoms with Crippen LogP contribution in [0.5, 0.6) is 0 Å². The average molecular weight is 909 g/mol. The topological polar surface area (TPSA) is 78.9 Å². The summed E-state index contributed by atoms with van der Waals surface area (Å²) >= 11 is 0. The average Bonchev–Trinajstić information content (AvgIpc) is 3.31. The molecule has 1 unspecified atom stereocenters. The van der Waals surface area contributed by atoms with Crippen molar-refractivity contribution in [3.8, 4) is 0 Å². The van der Waals surface area contributed by atoms with E-state index in [0.717, 1.165) is 103 Å². The second-order valence-electron chi connectivity index (χ2n) is 16.4. The SMILES string of the molecule is CC\C=C/C=C\C=C/C=C\C=C/CCCCCC(=O)OCC(COC(=O)CCC/C=C\C/C=C\C/C=C\C/C=C\CCCCC)OC(=O)CCCCCCCC/C=C\C/C=C\C/C=C\CC. The number of unbranched alkanes of at least 4 members (excludes halogenated alkanes) is 13. The minimum atomic E-state index is -0.831. The van der Waals surface area contributed by atoms with Crippen LogP contribution in [0.1, 0.15) is 194 Å². The molecule has 0 heterocycles. The number of hydrogen-bond donors (Lipinski definition) is 0. The highest BCUT2D eigenvalue weighted by Crippen LogP contribution is 2.12. The summed E-state index contributed by atoms with van der Waals surface area (Å²) in [6, 6.07) is 0. The van der Waals surface area contributed by atoms with Crippen molar-refractivity contribution in [2.75, 3.05) is 13.2 Å². The summed E-state index contributed by atoms with van der Waals surface area (Å²) in [7, 11) is 0. The van der Waals surface area contributed by atoms with E-state index in [1.54, 1.807) is 0 Å². The van der Waals surface area contributed by atoms with Crippen LogP contribution in [0.25, 0.3) is 0 Å². The summed E-state index contributed by atoms with van der Waals surface area (Å²) in [6.07, 6.45) is 75.4. The van der Waals surface area contributed by atoms with Crippen LogP contribution < -0.4 is 0 Å². The van der Waals surface area contributed by atoms with Gasteiger partial charge < -0.3 is 14.2 Å². The zero-order valence-corrected chi connectivity index (χ0v) is 41.9. The third-order valence-corrected chi connectivity index (χ3v) is 10.2. The largest absolute Gasteiger partial charge is 0.462 e. The van der Waals surface area contributed by atoms with Crippen LogP contribution in [0.4, 0.5) is 0 Å². The highest BCUT2D eigenvalue weighted by atomic mass is 16.6. The van der Waals surface area contributed by atoms with Crippen molar-refractivity contribution >= 4 is 17.9 Å². The van der Waals surface area contributed by atoms with Gasteiger partial charge in [-0.1, -0.05) is 212 Å². The summed E-state index contributed by atoms with van der Waals surface area (Å²) in [5.74, 6) is -1.05. The zero-order valence-electron chi connectivity index (χ0n) is 41.9. The molecule has 0 aliphatic carbocycles.